The Hall–Kier alpha value is -2.67. The number of alkyl halides is 1. The zero-order valence-electron chi connectivity index (χ0n) is 19.9. The average molecular weight is 560 g/mol. The van der Waals surface area contributed by atoms with Crippen LogP contribution >= 0.6 is 15.9 Å². The van der Waals surface area contributed by atoms with Gasteiger partial charge in [0.25, 0.3) is 0 Å². The van der Waals surface area contributed by atoms with Gasteiger partial charge in [-0.3, -0.25) is 9.59 Å². The predicted molar refractivity (Wildman–Crippen MR) is 126 cm³/mol. The van der Waals surface area contributed by atoms with Gasteiger partial charge in [0, 0.05) is 19.2 Å². The summed E-state index contributed by atoms with van der Waals surface area (Å²) < 4.78 is 33.1. The molecular formula is C23H30BrNO10. The number of aliphatic hydroxyl groups is 1. The van der Waals surface area contributed by atoms with E-state index in [1.165, 1.54) is 40.2 Å². The molecular weight excluding hydrogens is 530 g/mol. The van der Waals surface area contributed by atoms with Crippen molar-refractivity contribution in [3.05, 3.63) is 35.9 Å². The fourth-order valence-corrected chi connectivity index (χ4v) is 4.09. The Kier molecular flexibility index (Phi) is 11.0. The third kappa shape index (κ3) is 7.17. The zero-order valence-corrected chi connectivity index (χ0v) is 21.5. The molecule has 1 aliphatic heterocycles. The number of rotatable bonds is 11. The number of amides is 1. The predicted octanol–water partition coefficient (Wildman–Crippen LogP) is 1.48. The van der Waals surface area contributed by atoms with E-state index in [1.807, 2.05) is 0 Å². The van der Waals surface area contributed by atoms with Gasteiger partial charge in [0.2, 0.25) is 5.91 Å². The van der Waals surface area contributed by atoms with Crippen LogP contribution in [0.5, 0.6) is 11.5 Å². The molecule has 0 unspecified atom stereocenters. The molecule has 194 valence electrons. The number of carbonyl (C=O) groups excluding carboxylic acids is 3. The summed E-state index contributed by atoms with van der Waals surface area (Å²) in [7, 11) is 2.89. The van der Waals surface area contributed by atoms with Crippen molar-refractivity contribution < 1.29 is 47.9 Å². The second kappa shape index (κ2) is 13.4. The van der Waals surface area contributed by atoms with Crippen molar-refractivity contribution in [3.8, 4) is 11.5 Å². The highest BCUT2D eigenvalue weighted by Gasteiger charge is 2.51. The second-order valence-electron chi connectivity index (χ2n) is 7.52. The third-order valence-electron chi connectivity index (χ3n) is 5.09. The number of methoxy groups -OCH3 is 2. The Morgan fingerprint density at radius 2 is 1.80 bits per heavy atom. The molecule has 1 fully saturated rings. The second-order valence-corrected chi connectivity index (χ2v) is 8.08. The summed E-state index contributed by atoms with van der Waals surface area (Å²) in [4.78, 5) is 37.1. The van der Waals surface area contributed by atoms with Crippen LogP contribution in [0.4, 0.5) is 0 Å². The first-order valence-corrected chi connectivity index (χ1v) is 11.8. The van der Waals surface area contributed by atoms with Crippen molar-refractivity contribution in [1.29, 1.82) is 0 Å². The molecule has 2 N–H and O–H groups in total. The molecule has 0 aliphatic carbocycles. The lowest BCUT2D eigenvalue weighted by Crippen LogP contribution is -2.66. The highest BCUT2D eigenvalue weighted by atomic mass is 79.9. The Balaban J connectivity index is 2.48. The molecule has 0 saturated carbocycles. The Morgan fingerprint density at radius 3 is 2.31 bits per heavy atom. The van der Waals surface area contributed by atoms with Crippen molar-refractivity contribution in [3.63, 3.8) is 0 Å². The first-order valence-electron chi connectivity index (χ1n) is 10.7. The van der Waals surface area contributed by atoms with Crippen molar-refractivity contribution in [2.45, 2.75) is 49.8 Å². The van der Waals surface area contributed by atoms with Crippen LogP contribution < -0.4 is 14.8 Å². The van der Waals surface area contributed by atoms with Gasteiger partial charge in [-0.15, -0.1) is 6.58 Å². The Morgan fingerprint density at radius 1 is 1.14 bits per heavy atom. The van der Waals surface area contributed by atoms with E-state index in [9.17, 15) is 19.5 Å². The lowest BCUT2D eigenvalue weighted by atomic mass is 9.96. The molecule has 1 saturated heterocycles. The summed E-state index contributed by atoms with van der Waals surface area (Å²) in [5, 5.41) is 12.9. The van der Waals surface area contributed by atoms with Gasteiger partial charge in [0.1, 0.15) is 12.1 Å². The maximum absolute atomic E-state index is 13.3. The summed E-state index contributed by atoms with van der Waals surface area (Å²) in [5.41, 5.74) is 0.693. The molecule has 35 heavy (non-hydrogen) atoms. The molecule has 0 radical (unpaired) electrons. The number of carbonyl (C=O) groups is 3. The summed E-state index contributed by atoms with van der Waals surface area (Å²) in [6.07, 6.45) is -3.29. The van der Waals surface area contributed by atoms with E-state index >= 15 is 0 Å². The number of ether oxygens (including phenoxy) is 6. The van der Waals surface area contributed by atoms with Gasteiger partial charge < -0.3 is 38.8 Å². The van der Waals surface area contributed by atoms with Crippen LogP contribution in [0.25, 0.3) is 0 Å². The van der Waals surface area contributed by atoms with Crippen LogP contribution in [0.15, 0.2) is 24.8 Å². The smallest absolute Gasteiger partial charge is 0.339 e. The van der Waals surface area contributed by atoms with E-state index in [1.54, 1.807) is 6.07 Å². The molecule has 11 nitrogen and oxygen atoms in total. The minimum absolute atomic E-state index is 0.0520. The third-order valence-corrected chi connectivity index (χ3v) is 5.70. The van der Waals surface area contributed by atoms with Crippen LogP contribution in [0.3, 0.4) is 0 Å². The number of nitrogens with one attached hydrogen (secondary N) is 1. The van der Waals surface area contributed by atoms with Crippen LogP contribution in [0.2, 0.25) is 0 Å². The van der Waals surface area contributed by atoms with E-state index in [4.69, 9.17) is 28.4 Å². The van der Waals surface area contributed by atoms with E-state index in [0.29, 0.717) is 22.4 Å². The maximum atomic E-state index is 13.3. The fourth-order valence-electron chi connectivity index (χ4n) is 3.63. The lowest BCUT2D eigenvalue weighted by molar-refractivity contribution is -0.270. The summed E-state index contributed by atoms with van der Waals surface area (Å²) >= 11 is 3.34. The van der Waals surface area contributed by atoms with Gasteiger partial charge in [-0.25, -0.2) is 4.79 Å². The molecule has 1 aromatic rings. The van der Waals surface area contributed by atoms with E-state index in [2.05, 4.69) is 27.8 Å². The normalized spacial score (nSPS) is 23.7. The molecule has 1 amide bonds. The van der Waals surface area contributed by atoms with Crippen molar-refractivity contribution in [2.24, 2.45) is 0 Å². The lowest BCUT2D eigenvalue weighted by Gasteiger charge is -2.44. The molecule has 0 spiro atoms. The van der Waals surface area contributed by atoms with E-state index in [-0.39, 0.29) is 12.2 Å². The van der Waals surface area contributed by atoms with Crippen LogP contribution in [-0.4, -0.2) is 81.0 Å². The van der Waals surface area contributed by atoms with Gasteiger partial charge in [0.05, 0.1) is 33.0 Å². The minimum Gasteiger partial charge on any atom is -0.493 e. The van der Waals surface area contributed by atoms with Gasteiger partial charge >= 0.3 is 11.9 Å². The number of hydrogen-bond donors (Lipinski definition) is 2. The topological polar surface area (TPSA) is 139 Å². The van der Waals surface area contributed by atoms with Gasteiger partial charge in [-0.1, -0.05) is 22.0 Å². The SMILES string of the molecule is C=CCO[C@H]1O[C@H](CO)[C@@H](OC(=O)c2cc(OC)c(OC)cc2CBr)[C@H](OC(C)=O)[C@H]1NC(C)=O. The summed E-state index contributed by atoms with van der Waals surface area (Å²) in [6.45, 7) is 5.47. The number of halogens is 1. The van der Waals surface area contributed by atoms with Gasteiger partial charge in [-0.05, 0) is 17.7 Å². The molecule has 5 atom stereocenters. The molecule has 12 heteroatoms. The number of esters is 2. The van der Waals surface area contributed by atoms with E-state index in [0.717, 1.165) is 0 Å². The minimum atomic E-state index is -1.28. The van der Waals surface area contributed by atoms with Gasteiger partial charge in [-0.2, -0.15) is 0 Å². The summed E-state index contributed by atoms with van der Waals surface area (Å²) in [5.74, 6) is -1.24. The quantitative estimate of drug-likeness (QED) is 0.233. The van der Waals surface area contributed by atoms with Crippen molar-refractivity contribution in [2.75, 3.05) is 27.4 Å². The monoisotopic (exact) mass is 559 g/mol. The highest BCUT2D eigenvalue weighted by Crippen LogP contribution is 2.33. The Labute approximate surface area is 211 Å². The standard InChI is InChI=1S/C23H30BrNO10/c1-6-7-32-23-19(25-12(2)27)21(33-13(3)28)20(18(11-26)34-23)35-22(29)15-9-17(31-5)16(30-4)8-14(15)10-24/h6,8-9,18-21,23,26H,1,7,10-11H2,2-5H3,(H,25,27)/t18-,19-,20-,21-,23+/m1/s1. The average Bonchev–Trinajstić information content (AvgIpc) is 2.83. The largest absolute Gasteiger partial charge is 0.493 e. The zero-order chi connectivity index (χ0) is 26.1. The van der Waals surface area contributed by atoms with Crippen molar-refractivity contribution in [1.82, 2.24) is 5.32 Å². The molecule has 0 aromatic heterocycles. The Bertz CT molecular complexity index is 924. The first-order chi connectivity index (χ1) is 16.7. The van der Waals surface area contributed by atoms with Crippen LogP contribution in [0, 0.1) is 0 Å². The highest BCUT2D eigenvalue weighted by molar-refractivity contribution is 9.08. The number of benzene rings is 1. The fraction of sp³-hybridized carbons (Fsp3) is 0.522. The van der Waals surface area contributed by atoms with Gasteiger partial charge in [0.15, 0.2) is 30.0 Å². The maximum Gasteiger partial charge on any atom is 0.339 e. The molecule has 2 rings (SSSR count). The molecule has 0 bridgehead atoms. The molecule has 1 aliphatic rings. The first kappa shape index (κ1) is 28.6. The number of aliphatic hydroxyl groups excluding tert-OH is 1. The van der Waals surface area contributed by atoms with Crippen LogP contribution in [0.1, 0.15) is 29.8 Å². The van der Waals surface area contributed by atoms with Crippen LogP contribution in [-0.2, 0) is 33.9 Å². The van der Waals surface area contributed by atoms with Crippen molar-refractivity contribution >= 4 is 33.8 Å². The number of hydrogen-bond acceptors (Lipinski definition) is 10. The molecule has 1 aromatic carbocycles. The van der Waals surface area contributed by atoms with E-state index < -0.39 is 55.1 Å². The molecule has 1 heterocycles. The summed E-state index contributed by atoms with van der Waals surface area (Å²) in [6, 6.07) is 2.03.